The van der Waals surface area contributed by atoms with Gasteiger partial charge in [0.2, 0.25) is 0 Å². The molecule has 0 aromatic carbocycles. The fourth-order valence-electron chi connectivity index (χ4n) is 4.96. The molecule has 0 radical (unpaired) electrons. The predicted octanol–water partition coefficient (Wildman–Crippen LogP) is 6.35. The molecule has 2 aliphatic rings. The summed E-state index contributed by atoms with van der Waals surface area (Å²) in [7, 11) is 0. The lowest BCUT2D eigenvalue weighted by Crippen LogP contribution is -2.31. The van der Waals surface area contributed by atoms with Crippen molar-refractivity contribution in [1.82, 2.24) is 14.9 Å². The number of aromatic nitrogens is 2. The molecule has 0 saturated heterocycles. The quantitative estimate of drug-likeness (QED) is 0.322. The molecular formula is C29H41N3O3. The summed E-state index contributed by atoms with van der Waals surface area (Å²) in [4.78, 5) is 21.6. The molecule has 1 aromatic heterocycles. The Kier molecular flexibility index (Phi) is 10.0. The number of ether oxygens (including phenoxy) is 1. The van der Waals surface area contributed by atoms with Gasteiger partial charge in [-0.25, -0.2) is 4.98 Å². The van der Waals surface area contributed by atoms with Crippen LogP contribution in [0.15, 0.2) is 53.5 Å². The van der Waals surface area contributed by atoms with E-state index in [1.54, 1.807) is 0 Å². The van der Waals surface area contributed by atoms with Crippen LogP contribution in [0.2, 0.25) is 0 Å². The average Bonchev–Trinajstić information content (AvgIpc) is 3.29. The van der Waals surface area contributed by atoms with Crippen LogP contribution in [0, 0.1) is 0 Å². The Bertz CT molecular complexity index is 1030. The maximum atomic E-state index is 11.1. The number of aryl methyl sites for hydroxylation is 1. The summed E-state index contributed by atoms with van der Waals surface area (Å²) in [6.07, 6.45) is 16.5. The van der Waals surface area contributed by atoms with Crippen LogP contribution in [-0.2, 0) is 22.4 Å². The molecule has 0 spiro atoms. The van der Waals surface area contributed by atoms with Crippen molar-refractivity contribution in [3.63, 3.8) is 0 Å². The zero-order valence-electron chi connectivity index (χ0n) is 21.7. The molecule has 0 unspecified atom stereocenters. The van der Waals surface area contributed by atoms with Crippen molar-refractivity contribution in [3.8, 4) is 0 Å². The van der Waals surface area contributed by atoms with Crippen molar-refractivity contribution >= 4 is 11.5 Å². The van der Waals surface area contributed by atoms with Crippen LogP contribution >= 0.6 is 0 Å². The zero-order chi connectivity index (χ0) is 25.2. The Morgan fingerprint density at radius 2 is 2.09 bits per heavy atom. The number of rotatable bonds is 13. The van der Waals surface area contributed by atoms with Gasteiger partial charge < -0.3 is 19.7 Å². The zero-order valence-corrected chi connectivity index (χ0v) is 21.7. The first kappa shape index (κ1) is 26.6. The molecule has 6 nitrogen and oxygen atoms in total. The molecular weight excluding hydrogens is 438 g/mol. The molecule has 35 heavy (non-hydrogen) atoms. The van der Waals surface area contributed by atoms with Crippen molar-refractivity contribution in [2.45, 2.75) is 78.6 Å². The van der Waals surface area contributed by atoms with Gasteiger partial charge in [0, 0.05) is 36.5 Å². The molecule has 0 saturated carbocycles. The highest BCUT2D eigenvalue weighted by atomic mass is 16.5. The second kappa shape index (κ2) is 13.2. The summed E-state index contributed by atoms with van der Waals surface area (Å²) >= 11 is 0. The van der Waals surface area contributed by atoms with E-state index in [0.29, 0.717) is 13.2 Å². The number of aliphatic carboxylic acids is 1. The van der Waals surface area contributed by atoms with Gasteiger partial charge in [-0.2, -0.15) is 0 Å². The number of carboxylic acids is 1. The van der Waals surface area contributed by atoms with Gasteiger partial charge in [-0.05, 0) is 63.2 Å². The van der Waals surface area contributed by atoms with Gasteiger partial charge >= 0.3 is 5.97 Å². The molecule has 1 aromatic rings. The van der Waals surface area contributed by atoms with E-state index in [-0.39, 0.29) is 6.42 Å². The third-order valence-electron chi connectivity index (χ3n) is 6.77. The Hall–Kier alpha value is -3.02. The summed E-state index contributed by atoms with van der Waals surface area (Å²) in [5.74, 6) is 1.07. The van der Waals surface area contributed by atoms with Crippen LogP contribution in [0.3, 0.4) is 0 Å². The van der Waals surface area contributed by atoms with Gasteiger partial charge in [0.1, 0.15) is 11.6 Å². The third kappa shape index (κ3) is 7.00. The normalized spacial score (nSPS) is 16.8. The second-order valence-electron chi connectivity index (χ2n) is 9.18. The number of carboxylic acid groups (broad SMARTS) is 1. The molecule has 3 rings (SSSR count). The highest BCUT2D eigenvalue weighted by molar-refractivity contribution is 5.67. The lowest BCUT2D eigenvalue weighted by molar-refractivity contribution is -0.137. The number of nitrogens with zero attached hydrogens (tertiary/aromatic N) is 2. The largest absolute Gasteiger partial charge is 0.493 e. The summed E-state index contributed by atoms with van der Waals surface area (Å²) < 4.78 is 6.28. The number of hydrogen-bond acceptors (Lipinski definition) is 4. The van der Waals surface area contributed by atoms with Crippen molar-refractivity contribution < 1.29 is 14.6 Å². The van der Waals surface area contributed by atoms with Crippen molar-refractivity contribution in [2.24, 2.45) is 0 Å². The van der Waals surface area contributed by atoms with Crippen LogP contribution < -0.4 is 0 Å². The smallest absolute Gasteiger partial charge is 0.305 e. The van der Waals surface area contributed by atoms with Crippen LogP contribution in [0.4, 0.5) is 0 Å². The Balaban J connectivity index is 1.67. The van der Waals surface area contributed by atoms with E-state index in [2.05, 4.69) is 42.5 Å². The molecule has 2 N–H and O–H groups in total. The molecule has 0 atom stereocenters. The molecule has 0 bridgehead atoms. The van der Waals surface area contributed by atoms with E-state index < -0.39 is 5.97 Å². The average molecular weight is 480 g/mol. The van der Waals surface area contributed by atoms with Gasteiger partial charge in [-0.15, -0.1) is 0 Å². The van der Waals surface area contributed by atoms with E-state index in [4.69, 9.17) is 14.8 Å². The number of aromatic amines is 1. The standard InChI is InChI=1S/C29H41N3O3/c1-5-10-21-12-14-22(15-13-21)29-30-24(6-2)25(31-29)17-20-35-27(8-4)23-11-9-18-32(26(23)7-3)19-16-28(33)34/h7-8,12,14H,3,5-6,9-11,13,15-20H2,1-2,4H3,(H,30,31)(H,33,34)/b27-8+. The minimum absolute atomic E-state index is 0.116. The Labute approximate surface area is 210 Å². The minimum Gasteiger partial charge on any atom is -0.493 e. The van der Waals surface area contributed by atoms with Gasteiger partial charge in [0.15, 0.2) is 0 Å². The lowest BCUT2D eigenvalue weighted by atomic mass is 9.95. The highest BCUT2D eigenvalue weighted by Gasteiger charge is 2.22. The Morgan fingerprint density at radius 3 is 2.71 bits per heavy atom. The van der Waals surface area contributed by atoms with E-state index in [9.17, 15) is 4.79 Å². The number of nitrogens with one attached hydrogen (secondary N) is 1. The first-order valence-electron chi connectivity index (χ1n) is 13.1. The number of hydrogen-bond donors (Lipinski definition) is 2. The lowest BCUT2D eigenvalue weighted by Gasteiger charge is -2.32. The first-order chi connectivity index (χ1) is 17.0. The highest BCUT2D eigenvalue weighted by Crippen LogP contribution is 2.30. The number of imidazole rings is 1. The fraction of sp³-hybridized carbons (Fsp3) is 0.517. The van der Waals surface area contributed by atoms with Crippen molar-refractivity contribution in [3.05, 3.63) is 70.7 Å². The topological polar surface area (TPSA) is 78.5 Å². The number of allylic oxidation sites excluding steroid dienone is 7. The first-order valence-corrected chi connectivity index (χ1v) is 13.1. The summed E-state index contributed by atoms with van der Waals surface area (Å²) in [6.45, 7) is 12.2. The molecule has 1 aliphatic carbocycles. The minimum atomic E-state index is -0.782. The van der Waals surface area contributed by atoms with Crippen LogP contribution in [0.25, 0.3) is 5.57 Å². The Morgan fingerprint density at radius 1 is 1.26 bits per heavy atom. The molecule has 0 fully saturated rings. The third-order valence-corrected chi connectivity index (χ3v) is 6.77. The summed E-state index contributed by atoms with van der Waals surface area (Å²) in [5, 5.41) is 9.09. The summed E-state index contributed by atoms with van der Waals surface area (Å²) in [6, 6.07) is 0. The van der Waals surface area contributed by atoms with E-state index in [0.717, 1.165) is 79.3 Å². The SMILES string of the molecule is C=CC1=C(/C(=C\C)OCCc2[nH]c(C3=CC=C(CCC)CC3)nc2CC)CCCN1CCC(=O)O. The van der Waals surface area contributed by atoms with E-state index in [1.807, 2.05) is 19.1 Å². The molecule has 0 amide bonds. The maximum absolute atomic E-state index is 11.1. The van der Waals surface area contributed by atoms with Crippen molar-refractivity contribution in [1.29, 1.82) is 0 Å². The van der Waals surface area contributed by atoms with Gasteiger partial charge in [0.05, 0.1) is 18.7 Å². The van der Waals surface area contributed by atoms with Gasteiger partial charge in [-0.3, -0.25) is 4.79 Å². The molecule has 6 heteroatoms. The molecule has 2 heterocycles. The van der Waals surface area contributed by atoms with E-state index >= 15 is 0 Å². The van der Waals surface area contributed by atoms with Crippen LogP contribution in [-0.4, -0.2) is 45.6 Å². The van der Waals surface area contributed by atoms with Crippen molar-refractivity contribution in [2.75, 3.05) is 19.7 Å². The number of H-pyrrole nitrogens is 1. The maximum Gasteiger partial charge on any atom is 0.305 e. The summed E-state index contributed by atoms with van der Waals surface area (Å²) in [5.41, 5.74) is 7.17. The van der Waals surface area contributed by atoms with E-state index in [1.165, 1.54) is 24.0 Å². The van der Waals surface area contributed by atoms with Gasteiger partial charge in [0.25, 0.3) is 0 Å². The van der Waals surface area contributed by atoms with Crippen LogP contribution in [0.1, 0.15) is 82.9 Å². The van der Waals surface area contributed by atoms with Gasteiger partial charge in [-0.1, -0.05) is 44.6 Å². The monoisotopic (exact) mass is 479 g/mol. The van der Waals surface area contributed by atoms with Crippen LogP contribution in [0.5, 0.6) is 0 Å². The molecule has 190 valence electrons. The predicted molar refractivity (Wildman–Crippen MR) is 142 cm³/mol. The number of carbonyl (C=O) groups is 1. The second-order valence-corrected chi connectivity index (χ2v) is 9.18. The fourth-order valence-corrected chi connectivity index (χ4v) is 4.96. The molecule has 1 aliphatic heterocycles.